The van der Waals surface area contributed by atoms with Crippen LogP contribution in [-0.4, -0.2) is 24.0 Å². The Morgan fingerprint density at radius 1 is 1.29 bits per heavy atom. The third kappa shape index (κ3) is 4.73. The van der Waals surface area contributed by atoms with Crippen LogP contribution < -0.4 is 10.6 Å². The highest BCUT2D eigenvalue weighted by Gasteiger charge is 2.17. The normalized spacial score (nSPS) is 14.6. The molecule has 0 aromatic carbocycles. The fraction of sp³-hybridized carbons (Fsp3) is 0.647. The first-order valence-corrected chi connectivity index (χ1v) is 8.26. The minimum atomic E-state index is 0.0194. The van der Waals surface area contributed by atoms with Crippen LogP contribution in [0.3, 0.4) is 0 Å². The number of nitrogens with zero attached hydrogens (tertiary/aromatic N) is 1. The molecule has 1 aromatic heterocycles. The van der Waals surface area contributed by atoms with E-state index in [9.17, 15) is 4.79 Å². The van der Waals surface area contributed by atoms with Crippen LogP contribution in [0.5, 0.6) is 0 Å². The van der Waals surface area contributed by atoms with Crippen molar-refractivity contribution in [2.24, 2.45) is 5.92 Å². The van der Waals surface area contributed by atoms with Crippen LogP contribution in [0.4, 0.5) is 5.82 Å². The Balaban J connectivity index is 1.93. The van der Waals surface area contributed by atoms with Gasteiger partial charge in [0.25, 0.3) is 5.91 Å². The lowest BCUT2D eigenvalue weighted by atomic mass is 9.83. The number of carbonyl (C=O) groups excluding carboxylic acids is 1. The minimum Gasteiger partial charge on any atom is -0.370 e. The van der Waals surface area contributed by atoms with Crippen LogP contribution in [0, 0.1) is 5.92 Å². The number of aromatic nitrogens is 1. The van der Waals surface area contributed by atoms with Crippen molar-refractivity contribution in [3.8, 4) is 0 Å². The Bertz CT molecular complexity index is 469. The zero-order chi connectivity index (χ0) is 15.1. The Morgan fingerprint density at radius 2 is 2.10 bits per heavy atom. The van der Waals surface area contributed by atoms with Gasteiger partial charge in [0.1, 0.15) is 5.82 Å². The van der Waals surface area contributed by atoms with Crippen molar-refractivity contribution in [3.63, 3.8) is 0 Å². The Hall–Kier alpha value is -1.58. The second-order valence-electron chi connectivity index (χ2n) is 5.85. The molecule has 1 amide bonds. The van der Waals surface area contributed by atoms with Gasteiger partial charge in [-0.3, -0.25) is 4.79 Å². The summed E-state index contributed by atoms with van der Waals surface area (Å²) in [4.78, 5) is 16.8. The fourth-order valence-electron chi connectivity index (χ4n) is 2.52. The second-order valence-corrected chi connectivity index (χ2v) is 5.85. The number of nitrogens with one attached hydrogen (secondary N) is 2. The van der Waals surface area contributed by atoms with Gasteiger partial charge in [0.2, 0.25) is 0 Å². The maximum Gasteiger partial charge on any atom is 0.251 e. The molecule has 4 nitrogen and oxygen atoms in total. The van der Waals surface area contributed by atoms with Crippen molar-refractivity contribution in [1.29, 1.82) is 0 Å². The first-order valence-electron chi connectivity index (χ1n) is 8.26. The quantitative estimate of drug-likeness (QED) is 0.771. The van der Waals surface area contributed by atoms with Gasteiger partial charge >= 0.3 is 0 Å². The zero-order valence-corrected chi connectivity index (χ0v) is 13.2. The summed E-state index contributed by atoms with van der Waals surface area (Å²) in [7, 11) is 0. The molecule has 0 atom stereocenters. The summed E-state index contributed by atoms with van der Waals surface area (Å²) in [6.45, 7) is 5.84. The molecule has 1 aliphatic rings. The van der Waals surface area contributed by atoms with Crippen molar-refractivity contribution in [1.82, 2.24) is 10.3 Å². The van der Waals surface area contributed by atoms with Crippen LogP contribution in [0.15, 0.2) is 12.1 Å². The Kier molecular flexibility index (Phi) is 6.03. The van der Waals surface area contributed by atoms with E-state index in [1.807, 2.05) is 12.1 Å². The third-order valence-corrected chi connectivity index (χ3v) is 4.12. The monoisotopic (exact) mass is 289 g/mol. The maximum absolute atomic E-state index is 12.3. The van der Waals surface area contributed by atoms with Crippen LogP contribution in [0.2, 0.25) is 0 Å². The molecule has 0 radical (unpaired) electrons. The lowest BCUT2D eigenvalue weighted by molar-refractivity contribution is 0.0949. The molecular formula is C17H27N3O. The predicted molar refractivity (Wildman–Crippen MR) is 86.7 cm³/mol. The standard InChI is InChI=1S/C17H27N3O/c1-3-9-18-16-12-14(11-15(4-2)20-16)17(21)19-10-8-13-6-5-7-13/h11-13H,3-10H2,1-2H3,(H,18,20)(H,19,21). The van der Waals surface area contributed by atoms with E-state index in [1.54, 1.807) is 0 Å². The molecule has 116 valence electrons. The number of hydrogen-bond donors (Lipinski definition) is 2. The molecule has 2 rings (SSSR count). The molecule has 1 fully saturated rings. The third-order valence-electron chi connectivity index (χ3n) is 4.12. The minimum absolute atomic E-state index is 0.0194. The number of aryl methyl sites for hydroxylation is 1. The van der Waals surface area contributed by atoms with E-state index >= 15 is 0 Å². The first kappa shape index (κ1) is 15.8. The molecule has 1 aliphatic carbocycles. The first-order chi connectivity index (χ1) is 10.2. The van der Waals surface area contributed by atoms with Gasteiger partial charge in [-0.1, -0.05) is 33.1 Å². The zero-order valence-electron chi connectivity index (χ0n) is 13.2. The molecule has 1 saturated carbocycles. The van der Waals surface area contributed by atoms with E-state index in [0.717, 1.165) is 49.8 Å². The second kappa shape index (κ2) is 8.01. The summed E-state index contributed by atoms with van der Waals surface area (Å²) in [5.41, 5.74) is 1.68. The SMILES string of the molecule is CCCNc1cc(C(=O)NCCC2CCC2)cc(CC)n1. The Morgan fingerprint density at radius 3 is 2.71 bits per heavy atom. The van der Waals surface area contributed by atoms with Crippen molar-refractivity contribution < 1.29 is 4.79 Å². The van der Waals surface area contributed by atoms with Gasteiger partial charge in [-0.25, -0.2) is 4.98 Å². The van der Waals surface area contributed by atoms with Gasteiger partial charge < -0.3 is 10.6 Å². The van der Waals surface area contributed by atoms with Crippen LogP contribution >= 0.6 is 0 Å². The lowest BCUT2D eigenvalue weighted by Crippen LogP contribution is -2.27. The summed E-state index contributed by atoms with van der Waals surface area (Å²) in [5, 5.41) is 6.30. The van der Waals surface area contributed by atoms with Crippen molar-refractivity contribution >= 4 is 11.7 Å². The molecule has 0 aliphatic heterocycles. The van der Waals surface area contributed by atoms with E-state index in [1.165, 1.54) is 19.3 Å². The summed E-state index contributed by atoms with van der Waals surface area (Å²) in [6, 6.07) is 3.75. The average molecular weight is 289 g/mol. The summed E-state index contributed by atoms with van der Waals surface area (Å²) < 4.78 is 0. The number of anilines is 1. The number of hydrogen-bond acceptors (Lipinski definition) is 3. The number of carbonyl (C=O) groups is 1. The predicted octanol–water partition coefficient (Wildman–Crippen LogP) is 3.39. The van der Waals surface area contributed by atoms with Crippen LogP contribution in [0.1, 0.15) is 62.0 Å². The molecule has 1 aromatic rings. The Labute approximate surface area is 127 Å². The van der Waals surface area contributed by atoms with Gasteiger partial charge in [0.15, 0.2) is 0 Å². The van der Waals surface area contributed by atoms with Gasteiger partial charge in [-0.05, 0) is 37.3 Å². The largest absolute Gasteiger partial charge is 0.370 e. The molecule has 0 saturated heterocycles. The summed E-state index contributed by atoms with van der Waals surface area (Å²) >= 11 is 0. The van der Waals surface area contributed by atoms with E-state index in [2.05, 4.69) is 29.5 Å². The molecule has 4 heteroatoms. The molecule has 0 bridgehead atoms. The highest BCUT2D eigenvalue weighted by molar-refractivity contribution is 5.95. The molecule has 2 N–H and O–H groups in total. The van der Waals surface area contributed by atoms with E-state index in [4.69, 9.17) is 0 Å². The smallest absolute Gasteiger partial charge is 0.251 e. The fourth-order valence-corrected chi connectivity index (χ4v) is 2.52. The molecular weight excluding hydrogens is 262 g/mol. The van der Waals surface area contributed by atoms with E-state index < -0.39 is 0 Å². The van der Waals surface area contributed by atoms with Crippen LogP contribution in [0.25, 0.3) is 0 Å². The molecule has 1 heterocycles. The number of rotatable bonds is 8. The average Bonchev–Trinajstić information content (AvgIpc) is 2.47. The van der Waals surface area contributed by atoms with Gasteiger partial charge in [0.05, 0.1) is 0 Å². The molecule has 0 spiro atoms. The van der Waals surface area contributed by atoms with Gasteiger partial charge in [-0.2, -0.15) is 0 Å². The highest BCUT2D eigenvalue weighted by atomic mass is 16.1. The lowest BCUT2D eigenvalue weighted by Gasteiger charge is -2.25. The number of amides is 1. The summed E-state index contributed by atoms with van der Waals surface area (Å²) in [6.07, 6.45) is 7.00. The van der Waals surface area contributed by atoms with Crippen molar-refractivity contribution in [3.05, 3.63) is 23.4 Å². The van der Waals surface area contributed by atoms with Gasteiger partial charge in [0, 0.05) is 24.3 Å². The van der Waals surface area contributed by atoms with Crippen molar-refractivity contribution in [2.45, 2.75) is 52.4 Å². The maximum atomic E-state index is 12.3. The summed E-state index contributed by atoms with van der Waals surface area (Å²) in [5.74, 6) is 1.65. The van der Waals surface area contributed by atoms with E-state index in [-0.39, 0.29) is 5.91 Å². The van der Waals surface area contributed by atoms with Crippen LogP contribution in [-0.2, 0) is 6.42 Å². The van der Waals surface area contributed by atoms with E-state index in [0.29, 0.717) is 5.56 Å². The topological polar surface area (TPSA) is 54.0 Å². The molecule has 0 unspecified atom stereocenters. The number of pyridine rings is 1. The highest BCUT2D eigenvalue weighted by Crippen LogP contribution is 2.28. The van der Waals surface area contributed by atoms with Crippen molar-refractivity contribution in [2.75, 3.05) is 18.4 Å². The molecule has 21 heavy (non-hydrogen) atoms. The van der Waals surface area contributed by atoms with Gasteiger partial charge in [-0.15, -0.1) is 0 Å².